The minimum absolute atomic E-state index is 0.144. The molecule has 1 saturated heterocycles. The molecule has 3 nitrogen and oxygen atoms in total. The van der Waals surface area contributed by atoms with Gasteiger partial charge >= 0.3 is 0 Å². The van der Waals surface area contributed by atoms with E-state index in [0.717, 1.165) is 0 Å². The number of hydrogen-bond donors (Lipinski definition) is 2. The van der Waals surface area contributed by atoms with Crippen molar-refractivity contribution in [2.75, 3.05) is 19.8 Å². The number of ether oxygens (including phenoxy) is 1. The molecular formula is C7H14O3. The second-order valence-corrected chi connectivity index (χ2v) is 2.70. The zero-order chi connectivity index (χ0) is 7.40. The fourth-order valence-corrected chi connectivity index (χ4v) is 1.23. The average molecular weight is 146 g/mol. The van der Waals surface area contributed by atoms with E-state index in [9.17, 15) is 5.11 Å². The van der Waals surface area contributed by atoms with Crippen molar-refractivity contribution in [3.63, 3.8) is 0 Å². The molecule has 10 heavy (non-hydrogen) atoms. The molecule has 1 heterocycles. The standard InChI is InChI=1S/C7H14O3/c8-3-1-6-5-10-4-2-7(6)9/h6-9H,1-5H2. The molecular weight excluding hydrogens is 132 g/mol. The van der Waals surface area contributed by atoms with Gasteiger partial charge in [-0.15, -0.1) is 0 Å². The van der Waals surface area contributed by atoms with Gasteiger partial charge in [0.05, 0.1) is 12.7 Å². The van der Waals surface area contributed by atoms with Crippen molar-refractivity contribution in [1.29, 1.82) is 0 Å². The van der Waals surface area contributed by atoms with Gasteiger partial charge in [-0.3, -0.25) is 0 Å². The highest BCUT2D eigenvalue weighted by molar-refractivity contribution is 4.71. The van der Waals surface area contributed by atoms with Crippen LogP contribution >= 0.6 is 0 Å². The van der Waals surface area contributed by atoms with Gasteiger partial charge in [0, 0.05) is 19.1 Å². The molecule has 1 aliphatic rings. The van der Waals surface area contributed by atoms with Crippen molar-refractivity contribution in [3.8, 4) is 0 Å². The van der Waals surface area contributed by atoms with Crippen molar-refractivity contribution in [2.45, 2.75) is 18.9 Å². The van der Waals surface area contributed by atoms with Gasteiger partial charge in [-0.1, -0.05) is 0 Å². The Kier molecular flexibility index (Phi) is 3.12. The van der Waals surface area contributed by atoms with Crippen molar-refractivity contribution in [2.24, 2.45) is 5.92 Å². The van der Waals surface area contributed by atoms with Crippen LogP contribution in [0.25, 0.3) is 0 Å². The van der Waals surface area contributed by atoms with Gasteiger partial charge in [0.25, 0.3) is 0 Å². The maximum absolute atomic E-state index is 9.31. The lowest BCUT2D eigenvalue weighted by Gasteiger charge is -2.26. The van der Waals surface area contributed by atoms with E-state index in [-0.39, 0.29) is 18.6 Å². The molecule has 0 radical (unpaired) electrons. The summed E-state index contributed by atoms with van der Waals surface area (Å²) >= 11 is 0. The molecule has 0 amide bonds. The molecule has 0 spiro atoms. The zero-order valence-electron chi connectivity index (χ0n) is 5.99. The predicted octanol–water partition coefficient (Wildman–Crippen LogP) is -0.234. The van der Waals surface area contributed by atoms with E-state index >= 15 is 0 Å². The smallest absolute Gasteiger partial charge is 0.0613 e. The minimum Gasteiger partial charge on any atom is -0.396 e. The molecule has 0 aliphatic carbocycles. The van der Waals surface area contributed by atoms with Crippen LogP contribution in [-0.4, -0.2) is 36.1 Å². The van der Waals surface area contributed by atoms with E-state index < -0.39 is 0 Å². The Hall–Kier alpha value is -0.120. The number of hydrogen-bond acceptors (Lipinski definition) is 3. The first kappa shape index (κ1) is 7.98. The maximum atomic E-state index is 9.31. The van der Waals surface area contributed by atoms with Crippen molar-refractivity contribution in [1.82, 2.24) is 0 Å². The van der Waals surface area contributed by atoms with Crippen LogP contribution < -0.4 is 0 Å². The summed E-state index contributed by atoms with van der Waals surface area (Å²) in [6, 6.07) is 0. The summed E-state index contributed by atoms with van der Waals surface area (Å²) in [7, 11) is 0. The third-order valence-electron chi connectivity index (χ3n) is 1.93. The minimum atomic E-state index is -0.263. The van der Waals surface area contributed by atoms with E-state index in [1.807, 2.05) is 0 Å². The molecule has 3 heteroatoms. The third-order valence-corrected chi connectivity index (χ3v) is 1.93. The normalized spacial score (nSPS) is 34.2. The summed E-state index contributed by atoms with van der Waals surface area (Å²) in [5.74, 6) is 0.152. The van der Waals surface area contributed by atoms with Crippen molar-refractivity contribution >= 4 is 0 Å². The quantitative estimate of drug-likeness (QED) is 0.565. The highest BCUT2D eigenvalue weighted by Crippen LogP contribution is 2.17. The first-order chi connectivity index (χ1) is 4.84. The fourth-order valence-electron chi connectivity index (χ4n) is 1.23. The lowest BCUT2D eigenvalue weighted by molar-refractivity contribution is -0.0427. The highest BCUT2D eigenvalue weighted by atomic mass is 16.5. The Morgan fingerprint density at radius 2 is 2.30 bits per heavy atom. The van der Waals surface area contributed by atoms with Crippen LogP contribution in [0.15, 0.2) is 0 Å². The molecule has 60 valence electrons. The Bertz CT molecular complexity index is 92.9. The molecule has 1 rings (SSSR count). The summed E-state index contributed by atoms with van der Waals surface area (Å²) in [6.45, 7) is 1.40. The number of aliphatic hydroxyl groups is 2. The van der Waals surface area contributed by atoms with E-state index in [0.29, 0.717) is 26.1 Å². The van der Waals surface area contributed by atoms with Crippen LogP contribution in [0.4, 0.5) is 0 Å². The van der Waals surface area contributed by atoms with Gasteiger partial charge < -0.3 is 14.9 Å². The van der Waals surface area contributed by atoms with E-state index in [2.05, 4.69) is 0 Å². The van der Waals surface area contributed by atoms with E-state index in [4.69, 9.17) is 9.84 Å². The topological polar surface area (TPSA) is 49.7 Å². The van der Waals surface area contributed by atoms with Gasteiger partial charge in [-0.05, 0) is 12.8 Å². The van der Waals surface area contributed by atoms with Crippen LogP contribution in [-0.2, 0) is 4.74 Å². The van der Waals surface area contributed by atoms with Crippen LogP contribution in [0.3, 0.4) is 0 Å². The molecule has 1 fully saturated rings. The molecule has 0 saturated carbocycles. The molecule has 2 atom stereocenters. The Morgan fingerprint density at radius 1 is 1.50 bits per heavy atom. The summed E-state index contributed by atoms with van der Waals surface area (Å²) in [5.41, 5.74) is 0. The SMILES string of the molecule is OCCC1COCCC1O. The van der Waals surface area contributed by atoms with Gasteiger partial charge in [0.15, 0.2) is 0 Å². The fraction of sp³-hybridized carbons (Fsp3) is 1.00. The summed E-state index contributed by atoms with van der Waals surface area (Å²) < 4.78 is 5.13. The second kappa shape index (κ2) is 3.91. The van der Waals surface area contributed by atoms with Crippen LogP contribution in [0.5, 0.6) is 0 Å². The summed E-state index contributed by atoms with van der Waals surface area (Å²) in [4.78, 5) is 0. The van der Waals surface area contributed by atoms with Gasteiger partial charge in [-0.25, -0.2) is 0 Å². The van der Waals surface area contributed by atoms with Crippen LogP contribution in [0.1, 0.15) is 12.8 Å². The largest absolute Gasteiger partial charge is 0.396 e. The molecule has 0 bridgehead atoms. The van der Waals surface area contributed by atoms with Crippen molar-refractivity contribution in [3.05, 3.63) is 0 Å². The number of rotatable bonds is 2. The van der Waals surface area contributed by atoms with Gasteiger partial charge in [0.1, 0.15) is 0 Å². The Morgan fingerprint density at radius 3 is 2.90 bits per heavy atom. The van der Waals surface area contributed by atoms with Crippen LogP contribution in [0.2, 0.25) is 0 Å². The van der Waals surface area contributed by atoms with Gasteiger partial charge in [0.2, 0.25) is 0 Å². The maximum Gasteiger partial charge on any atom is 0.0613 e. The van der Waals surface area contributed by atoms with E-state index in [1.54, 1.807) is 0 Å². The average Bonchev–Trinajstić information content (AvgIpc) is 1.94. The van der Waals surface area contributed by atoms with E-state index in [1.165, 1.54) is 0 Å². The first-order valence-electron chi connectivity index (χ1n) is 3.71. The first-order valence-corrected chi connectivity index (χ1v) is 3.71. The highest BCUT2D eigenvalue weighted by Gasteiger charge is 2.22. The second-order valence-electron chi connectivity index (χ2n) is 2.70. The van der Waals surface area contributed by atoms with Crippen LogP contribution in [0, 0.1) is 5.92 Å². The third kappa shape index (κ3) is 1.94. The molecule has 0 aromatic heterocycles. The molecule has 2 N–H and O–H groups in total. The summed E-state index contributed by atoms with van der Waals surface area (Å²) in [6.07, 6.45) is 1.10. The molecule has 0 aromatic rings. The Labute approximate surface area is 60.6 Å². The zero-order valence-corrected chi connectivity index (χ0v) is 5.99. The molecule has 1 aliphatic heterocycles. The predicted molar refractivity (Wildman–Crippen MR) is 36.6 cm³/mol. The monoisotopic (exact) mass is 146 g/mol. The van der Waals surface area contributed by atoms with Crippen molar-refractivity contribution < 1.29 is 14.9 Å². The summed E-state index contributed by atoms with van der Waals surface area (Å²) in [5, 5.41) is 17.9. The molecule has 0 aromatic carbocycles. The Balaban J connectivity index is 2.25. The van der Waals surface area contributed by atoms with Gasteiger partial charge in [-0.2, -0.15) is 0 Å². The lowest BCUT2D eigenvalue weighted by atomic mass is 9.96. The lowest BCUT2D eigenvalue weighted by Crippen LogP contribution is -2.32. The number of aliphatic hydroxyl groups excluding tert-OH is 2. The molecule has 2 unspecified atom stereocenters.